The van der Waals surface area contributed by atoms with Crippen LogP contribution in [0.3, 0.4) is 0 Å². The molecule has 0 unspecified atom stereocenters. The van der Waals surface area contributed by atoms with Gasteiger partial charge in [-0.1, -0.05) is 19.4 Å². The van der Waals surface area contributed by atoms with Gasteiger partial charge in [0.1, 0.15) is 0 Å². The van der Waals surface area contributed by atoms with Gasteiger partial charge in [0.05, 0.1) is 23.8 Å². The number of aryl methyl sites for hydroxylation is 2. The molecule has 4 rings (SSSR count). The fourth-order valence-electron chi connectivity index (χ4n) is 4.51. The lowest BCUT2D eigenvalue weighted by Gasteiger charge is -2.44. The second-order valence-electron chi connectivity index (χ2n) is 7.34. The molecular weight excluding hydrogens is 296 g/mol. The summed E-state index contributed by atoms with van der Waals surface area (Å²) in [5.74, 6) is 0.771. The molecule has 0 radical (unpaired) electrons. The Hall–Kier alpha value is -1.68. The van der Waals surface area contributed by atoms with Gasteiger partial charge in [0.15, 0.2) is 0 Å². The zero-order valence-electron chi connectivity index (χ0n) is 14.7. The van der Waals surface area contributed by atoms with Crippen LogP contribution < -0.4 is 0 Å². The molecule has 0 saturated carbocycles. The third kappa shape index (κ3) is 3.00. The van der Waals surface area contributed by atoms with Crippen LogP contribution in [0.1, 0.15) is 62.0 Å². The molecule has 1 aliphatic heterocycles. The molecule has 2 aromatic rings. The zero-order valence-corrected chi connectivity index (χ0v) is 14.7. The second kappa shape index (κ2) is 7.06. The summed E-state index contributed by atoms with van der Waals surface area (Å²) >= 11 is 0. The maximum absolute atomic E-state index is 4.79. The minimum atomic E-state index is 0.498. The molecule has 4 heteroatoms. The molecule has 0 bridgehead atoms. The first-order valence-electron chi connectivity index (χ1n) is 9.53. The number of aromatic nitrogens is 3. The van der Waals surface area contributed by atoms with E-state index in [1.165, 1.54) is 62.0 Å². The minimum Gasteiger partial charge on any atom is -0.333 e. The molecule has 4 nitrogen and oxygen atoms in total. The summed E-state index contributed by atoms with van der Waals surface area (Å²) in [6, 6.07) is 4.86. The number of fused-ring (bicyclic) bond motifs is 3. The van der Waals surface area contributed by atoms with Gasteiger partial charge in [-0.25, -0.2) is 4.98 Å². The number of unbranched alkanes of at least 4 members (excludes halogenated alkanes) is 1. The second-order valence-corrected chi connectivity index (χ2v) is 7.34. The summed E-state index contributed by atoms with van der Waals surface area (Å²) in [4.78, 5) is 11.9. The molecule has 2 aromatic heterocycles. The normalized spacial score (nSPS) is 23.7. The summed E-state index contributed by atoms with van der Waals surface area (Å²) in [6.07, 6.45) is 13.7. The van der Waals surface area contributed by atoms with Gasteiger partial charge >= 0.3 is 0 Å². The van der Waals surface area contributed by atoms with E-state index in [-0.39, 0.29) is 0 Å². The number of imidazole rings is 1. The molecule has 24 heavy (non-hydrogen) atoms. The topological polar surface area (TPSA) is 34.0 Å². The standard InChI is InChI=1S/C20H28N4/c1-2-3-11-24-15-21-13-18(24)14-23-12-5-7-17-9-8-16-6-4-10-22-19(16)20(17)23/h4,6,10,13,15,17,20H,2-3,5,7-9,11-12,14H2,1H3/t17-,20-/m0/s1. The number of hydrogen-bond acceptors (Lipinski definition) is 3. The van der Waals surface area contributed by atoms with Crippen LogP contribution in [0.25, 0.3) is 0 Å². The van der Waals surface area contributed by atoms with Crippen LogP contribution in [0.2, 0.25) is 0 Å². The Bertz CT molecular complexity index is 678. The van der Waals surface area contributed by atoms with Crippen molar-refractivity contribution in [2.45, 2.75) is 64.6 Å². The van der Waals surface area contributed by atoms with Crippen LogP contribution >= 0.6 is 0 Å². The largest absolute Gasteiger partial charge is 0.333 e. The third-order valence-electron chi connectivity index (χ3n) is 5.77. The molecule has 0 spiro atoms. The van der Waals surface area contributed by atoms with Crippen LogP contribution in [-0.2, 0) is 19.5 Å². The molecule has 0 amide bonds. The van der Waals surface area contributed by atoms with Crippen molar-refractivity contribution in [3.63, 3.8) is 0 Å². The van der Waals surface area contributed by atoms with Crippen molar-refractivity contribution in [3.05, 3.63) is 47.8 Å². The summed E-state index contributed by atoms with van der Waals surface area (Å²) in [5.41, 5.74) is 4.16. The van der Waals surface area contributed by atoms with E-state index in [1.54, 1.807) is 0 Å². The lowest BCUT2D eigenvalue weighted by Crippen LogP contribution is -2.41. The van der Waals surface area contributed by atoms with Crippen LogP contribution in [0.4, 0.5) is 0 Å². The van der Waals surface area contributed by atoms with E-state index in [9.17, 15) is 0 Å². The first kappa shape index (κ1) is 15.8. The van der Waals surface area contributed by atoms with E-state index in [2.05, 4.69) is 39.7 Å². The van der Waals surface area contributed by atoms with Crippen LogP contribution in [0.5, 0.6) is 0 Å². The van der Waals surface area contributed by atoms with Crippen molar-refractivity contribution in [1.29, 1.82) is 0 Å². The molecule has 1 saturated heterocycles. The number of pyridine rings is 1. The Kier molecular flexibility index (Phi) is 4.65. The molecule has 1 fully saturated rings. The zero-order chi connectivity index (χ0) is 16.4. The van der Waals surface area contributed by atoms with Gasteiger partial charge in [0, 0.05) is 25.5 Å². The van der Waals surface area contributed by atoms with Gasteiger partial charge in [-0.05, 0) is 56.2 Å². The number of hydrogen-bond donors (Lipinski definition) is 0. The van der Waals surface area contributed by atoms with E-state index >= 15 is 0 Å². The van der Waals surface area contributed by atoms with Gasteiger partial charge in [-0.15, -0.1) is 0 Å². The predicted octanol–water partition coefficient (Wildman–Crippen LogP) is 3.98. The highest BCUT2D eigenvalue weighted by atomic mass is 15.2. The Balaban J connectivity index is 1.58. The Morgan fingerprint density at radius 3 is 3.17 bits per heavy atom. The lowest BCUT2D eigenvalue weighted by atomic mass is 9.77. The summed E-state index contributed by atoms with van der Waals surface area (Å²) in [7, 11) is 0. The first-order chi connectivity index (χ1) is 11.9. The van der Waals surface area contributed by atoms with Gasteiger partial charge in [-0.3, -0.25) is 9.88 Å². The van der Waals surface area contributed by atoms with Gasteiger partial charge in [0.2, 0.25) is 0 Å². The highest BCUT2D eigenvalue weighted by Crippen LogP contribution is 2.43. The van der Waals surface area contributed by atoms with E-state index in [0.717, 1.165) is 19.0 Å². The Morgan fingerprint density at radius 1 is 1.29 bits per heavy atom. The SMILES string of the molecule is CCCCn1cncc1CN1CCC[C@H]2CCc3cccnc3[C@H]21. The summed E-state index contributed by atoms with van der Waals surface area (Å²) < 4.78 is 2.34. The molecule has 3 heterocycles. The van der Waals surface area contributed by atoms with Gasteiger partial charge < -0.3 is 4.57 Å². The average Bonchev–Trinajstić information content (AvgIpc) is 3.07. The molecule has 1 aliphatic carbocycles. The Morgan fingerprint density at radius 2 is 2.25 bits per heavy atom. The quantitative estimate of drug-likeness (QED) is 0.834. The van der Waals surface area contributed by atoms with E-state index < -0.39 is 0 Å². The van der Waals surface area contributed by atoms with E-state index in [0.29, 0.717) is 6.04 Å². The molecule has 0 aromatic carbocycles. The fourth-order valence-corrected chi connectivity index (χ4v) is 4.51. The first-order valence-corrected chi connectivity index (χ1v) is 9.53. The van der Waals surface area contributed by atoms with E-state index in [4.69, 9.17) is 4.98 Å². The van der Waals surface area contributed by atoms with Crippen molar-refractivity contribution in [3.8, 4) is 0 Å². The highest BCUT2D eigenvalue weighted by Gasteiger charge is 2.37. The maximum atomic E-state index is 4.79. The van der Waals surface area contributed by atoms with Crippen molar-refractivity contribution in [2.24, 2.45) is 5.92 Å². The maximum Gasteiger partial charge on any atom is 0.0948 e. The molecular formula is C20H28N4. The number of likely N-dealkylation sites (tertiary alicyclic amines) is 1. The molecule has 0 N–H and O–H groups in total. The monoisotopic (exact) mass is 324 g/mol. The van der Waals surface area contributed by atoms with Crippen molar-refractivity contribution in [2.75, 3.05) is 6.54 Å². The van der Waals surface area contributed by atoms with Crippen LogP contribution in [0, 0.1) is 5.92 Å². The fraction of sp³-hybridized carbons (Fsp3) is 0.600. The van der Waals surface area contributed by atoms with E-state index in [1.807, 2.05) is 12.5 Å². The highest BCUT2D eigenvalue weighted by molar-refractivity contribution is 5.27. The Labute approximate surface area is 144 Å². The minimum absolute atomic E-state index is 0.498. The molecule has 2 atom stereocenters. The van der Waals surface area contributed by atoms with Gasteiger partial charge in [-0.2, -0.15) is 0 Å². The summed E-state index contributed by atoms with van der Waals surface area (Å²) in [6.45, 7) is 5.51. The van der Waals surface area contributed by atoms with Crippen molar-refractivity contribution >= 4 is 0 Å². The van der Waals surface area contributed by atoms with Crippen molar-refractivity contribution in [1.82, 2.24) is 19.4 Å². The van der Waals surface area contributed by atoms with Crippen LogP contribution in [0.15, 0.2) is 30.9 Å². The lowest BCUT2D eigenvalue weighted by molar-refractivity contribution is 0.0675. The van der Waals surface area contributed by atoms with Crippen molar-refractivity contribution < 1.29 is 0 Å². The predicted molar refractivity (Wildman–Crippen MR) is 95.6 cm³/mol. The van der Waals surface area contributed by atoms with Gasteiger partial charge in [0.25, 0.3) is 0 Å². The third-order valence-corrected chi connectivity index (χ3v) is 5.77. The molecule has 128 valence electrons. The number of piperidine rings is 1. The molecule has 2 aliphatic rings. The smallest absolute Gasteiger partial charge is 0.0948 e. The average molecular weight is 324 g/mol. The number of nitrogens with zero attached hydrogens (tertiary/aromatic N) is 4. The number of rotatable bonds is 5. The summed E-state index contributed by atoms with van der Waals surface area (Å²) in [5, 5.41) is 0. The van der Waals surface area contributed by atoms with Crippen LogP contribution in [-0.4, -0.2) is 26.0 Å².